The molecule has 0 radical (unpaired) electrons. The van der Waals surface area contributed by atoms with Crippen LogP contribution in [0.25, 0.3) is 0 Å². The molecule has 20 heavy (non-hydrogen) atoms. The number of rotatable bonds is 4. The molecule has 1 N–H and O–H groups in total. The second-order valence-electron chi connectivity index (χ2n) is 5.84. The van der Waals surface area contributed by atoms with Crippen LogP contribution in [-0.4, -0.2) is 13.6 Å². The Kier molecular flexibility index (Phi) is 3.82. The zero-order chi connectivity index (χ0) is 14.0. The second-order valence-corrected chi connectivity index (χ2v) is 6.27. The third-order valence-corrected chi connectivity index (χ3v) is 4.73. The molecular formula is C18H20ClN. The van der Waals surface area contributed by atoms with E-state index in [0.29, 0.717) is 5.92 Å². The van der Waals surface area contributed by atoms with Gasteiger partial charge in [0.05, 0.1) is 0 Å². The number of likely N-dealkylation sites (N-methyl/N-ethyl adjacent to an activating group) is 1. The maximum absolute atomic E-state index is 6.17. The normalized spacial score (nSPS) is 25.2. The van der Waals surface area contributed by atoms with Gasteiger partial charge in [0, 0.05) is 17.0 Å². The first-order valence-corrected chi connectivity index (χ1v) is 7.57. The van der Waals surface area contributed by atoms with Crippen LogP contribution in [0.2, 0.25) is 5.02 Å². The van der Waals surface area contributed by atoms with Gasteiger partial charge in [0.25, 0.3) is 0 Å². The molecule has 2 heteroatoms. The molecule has 1 nitrogen and oxygen atoms in total. The van der Waals surface area contributed by atoms with E-state index in [1.54, 1.807) is 0 Å². The Bertz CT molecular complexity index is 573. The molecule has 0 amide bonds. The molecule has 0 bridgehead atoms. The predicted octanol–water partition coefficient (Wildman–Crippen LogP) is 4.37. The van der Waals surface area contributed by atoms with Crippen molar-refractivity contribution in [3.8, 4) is 0 Å². The molecule has 104 valence electrons. The number of hydrogen-bond donors (Lipinski definition) is 1. The maximum Gasteiger partial charge on any atom is 0.0408 e. The van der Waals surface area contributed by atoms with Crippen LogP contribution in [0, 0.1) is 0 Å². The summed E-state index contributed by atoms with van der Waals surface area (Å²) in [5, 5.41) is 4.19. The average Bonchev–Trinajstić information content (AvgIpc) is 2.43. The Morgan fingerprint density at radius 1 is 1.10 bits per heavy atom. The second kappa shape index (κ2) is 5.59. The summed E-state index contributed by atoms with van der Waals surface area (Å²) in [6.45, 7) is 1.01. The molecule has 1 fully saturated rings. The molecule has 3 rings (SSSR count). The minimum absolute atomic E-state index is 0.236. The third kappa shape index (κ3) is 2.48. The van der Waals surface area contributed by atoms with Crippen molar-refractivity contribution < 1.29 is 0 Å². The lowest BCUT2D eigenvalue weighted by molar-refractivity contribution is 0.198. The first-order chi connectivity index (χ1) is 9.73. The highest BCUT2D eigenvalue weighted by Gasteiger charge is 2.45. The van der Waals surface area contributed by atoms with Crippen molar-refractivity contribution >= 4 is 11.6 Å². The summed E-state index contributed by atoms with van der Waals surface area (Å²) in [6.07, 6.45) is 2.39. The van der Waals surface area contributed by atoms with E-state index >= 15 is 0 Å². The quantitative estimate of drug-likeness (QED) is 0.879. The number of hydrogen-bond acceptors (Lipinski definition) is 1. The van der Waals surface area contributed by atoms with E-state index in [0.717, 1.165) is 11.6 Å². The van der Waals surface area contributed by atoms with Crippen LogP contribution < -0.4 is 5.32 Å². The van der Waals surface area contributed by atoms with Gasteiger partial charge in [-0.1, -0.05) is 54.1 Å². The summed E-state index contributed by atoms with van der Waals surface area (Å²) in [4.78, 5) is 0. The summed E-state index contributed by atoms with van der Waals surface area (Å²) >= 11 is 6.17. The standard InChI is InChI=1S/C18H20ClN/c1-20-13-18(16-8-5-9-17(19)10-16)11-15(12-18)14-6-3-2-4-7-14/h2-10,15,20H,11-13H2,1H3. The Morgan fingerprint density at radius 3 is 2.50 bits per heavy atom. The highest BCUT2D eigenvalue weighted by molar-refractivity contribution is 6.30. The monoisotopic (exact) mass is 285 g/mol. The third-order valence-electron chi connectivity index (χ3n) is 4.50. The molecular weight excluding hydrogens is 266 g/mol. The van der Waals surface area contributed by atoms with E-state index < -0.39 is 0 Å². The van der Waals surface area contributed by atoms with Crippen LogP contribution in [0.15, 0.2) is 54.6 Å². The summed E-state index contributed by atoms with van der Waals surface area (Å²) < 4.78 is 0. The SMILES string of the molecule is CNCC1(c2cccc(Cl)c2)CC(c2ccccc2)C1. The van der Waals surface area contributed by atoms with E-state index in [4.69, 9.17) is 11.6 Å². The van der Waals surface area contributed by atoms with Crippen LogP contribution in [0.1, 0.15) is 29.9 Å². The van der Waals surface area contributed by atoms with Gasteiger partial charge in [0.1, 0.15) is 0 Å². The van der Waals surface area contributed by atoms with Gasteiger partial charge in [-0.05, 0) is 49.1 Å². The zero-order valence-corrected chi connectivity index (χ0v) is 12.5. The van der Waals surface area contributed by atoms with E-state index in [9.17, 15) is 0 Å². The molecule has 0 unspecified atom stereocenters. The van der Waals surface area contributed by atoms with Gasteiger partial charge in [-0.3, -0.25) is 0 Å². The van der Waals surface area contributed by atoms with Crippen LogP contribution in [-0.2, 0) is 5.41 Å². The van der Waals surface area contributed by atoms with Crippen molar-refractivity contribution in [2.45, 2.75) is 24.2 Å². The van der Waals surface area contributed by atoms with Crippen LogP contribution >= 0.6 is 11.6 Å². The maximum atomic E-state index is 6.17. The molecule has 0 atom stereocenters. The lowest BCUT2D eigenvalue weighted by Crippen LogP contribution is -2.46. The topological polar surface area (TPSA) is 12.0 Å². The fourth-order valence-electron chi connectivity index (χ4n) is 3.48. The molecule has 0 spiro atoms. The Hall–Kier alpha value is -1.31. The van der Waals surface area contributed by atoms with Crippen molar-refractivity contribution in [2.24, 2.45) is 0 Å². The summed E-state index contributed by atoms with van der Waals surface area (Å²) in [5.41, 5.74) is 3.06. The van der Waals surface area contributed by atoms with Gasteiger partial charge in [-0.15, -0.1) is 0 Å². The van der Waals surface area contributed by atoms with Crippen molar-refractivity contribution in [1.29, 1.82) is 0 Å². The Labute approximate surface area is 126 Å². The van der Waals surface area contributed by atoms with Crippen molar-refractivity contribution in [3.05, 3.63) is 70.7 Å². The fourth-order valence-corrected chi connectivity index (χ4v) is 3.67. The van der Waals surface area contributed by atoms with Crippen LogP contribution in [0.4, 0.5) is 0 Å². The number of benzene rings is 2. The largest absolute Gasteiger partial charge is 0.319 e. The summed E-state index contributed by atoms with van der Waals surface area (Å²) in [7, 11) is 2.03. The van der Waals surface area contributed by atoms with Gasteiger partial charge in [-0.2, -0.15) is 0 Å². The molecule has 0 heterocycles. The lowest BCUT2D eigenvalue weighted by atomic mass is 9.57. The van der Waals surface area contributed by atoms with Gasteiger partial charge >= 0.3 is 0 Å². The van der Waals surface area contributed by atoms with Gasteiger partial charge < -0.3 is 5.32 Å². The average molecular weight is 286 g/mol. The van der Waals surface area contributed by atoms with E-state index in [2.05, 4.69) is 53.8 Å². The number of halogens is 1. The van der Waals surface area contributed by atoms with Crippen LogP contribution in [0.5, 0.6) is 0 Å². The van der Waals surface area contributed by atoms with Gasteiger partial charge in [-0.25, -0.2) is 0 Å². The van der Waals surface area contributed by atoms with E-state index in [1.165, 1.54) is 24.0 Å². The minimum Gasteiger partial charge on any atom is -0.319 e. The van der Waals surface area contributed by atoms with Crippen molar-refractivity contribution in [3.63, 3.8) is 0 Å². The molecule has 2 aromatic rings. The molecule has 1 aliphatic rings. The number of nitrogens with one attached hydrogen (secondary N) is 1. The van der Waals surface area contributed by atoms with Crippen LogP contribution in [0.3, 0.4) is 0 Å². The van der Waals surface area contributed by atoms with E-state index in [1.807, 2.05) is 13.1 Å². The highest BCUT2D eigenvalue weighted by atomic mass is 35.5. The zero-order valence-electron chi connectivity index (χ0n) is 11.8. The van der Waals surface area contributed by atoms with Gasteiger partial charge in [0.15, 0.2) is 0 Å². The fraction of sp³-hybridized carbons (Fsp3) is 0.333. The smallest absolute Gasteiger partial charge is 0.0408 e. The highest BCUT2D eigenvalue weighted by Crippen LogP contribution is 2.52. The first-order valence-electron chi connectivity index (χ1n) is 7.19. The molecule has 1 saturated carbocycles. The summed E-state index contributed by atoms with van der Waals surface area (Å²) in [5.74, 6) is 0.670. The molecule has 2 aromatic carbocycles. The van der Waals surface area contributed by atoms with Gasteiger partial charge in [0.2, 0.25) is 0 Å². The van der Waals surface area contributed by atoms with Crippen molar-refractivity contribution in [2.75, 3.05) is 13.6 Å². The Morgan fingerprint density at radius 2 is 1.85 bits per heavy atom. The molecule has 0 aromatic heterocycles. The van der Waals surface area contributed by atoms with Crippen molar-refractivity contribution in [1.82, 2.24) is 5.32 Å². The van der Waals surface area contributed by atoms with E-state index in [-0.39, 0.29) is 5.41 Å². The molecule has 0 saturated heterocycles. The first kappa shape index (κ1) is 13.7. The lowest BCUT2D eigenvalue weighted by Gasteiger charge is -2.49. The minimum atomic E-state index is 0.236. The predicted molar refractivity (Wildman–Crippen MR) is 85.5 cm³/mol. The molecule has 0 aliphatic heterocycles. The Balaban J connectivity index is 1.83. The molecule has 1 aliphatic carbocycles. The summed E-state index contributed by atoms with van der Waals surface area (Å²) in [6, 6.07) is 19.2.